The zero-order valence-corrected chi connectivity index (χ0v) is 11.5. The summed E-state index contributed by atoms with van der Waals surface area (Å²) >= 11 is 7.72. The van der Waals surface area contributed by atoms with Crippen LogP contribution in [0.2, 0.25) is 5.02 Å². The predicted molar refractivity (Wildman–Crippen MR) is 73.8 cm³/mol. The molecule has 0 bridgehead atoms. The van der Waals surface area contributed by atoms with E-state index in [1.165, 1.54) is 4.90 Å². The molecule has 0 spiro atoms. The number of aliphatic hydroxyl groups excluding tert-OH is 1. The summed E-state index contributed by atoms with van der Waals surface area (Å²) in [4.78, 5) is 3.48. The fraction of sp³-hybridized carbons (Fsp3) is 0.538. The lowest BCUT2D eigenvalue weighted by Gasteiger charge is -2.13. The predicted octanol–water partition coefficient (Wildman–Crippen LogP) is 2.74. The maximum Gasteiger partial charge on any atom is 0.0715 e. The van der Waals surface area contributed by atoms with Gasteiger partial charge in [-0.1, -0.05) is 24.6 Å². The van der Waals surface area contributed by atoms with Crippen molar-refractivity contribution in [2.45, 2.75) is 17.9 Å². The maximum atomic E-state index is 9.94. The summed E-state index contributed by atoms with van der Waals surface area (Å²) in [7, 11) is 0. The Morgan fingerprint density at radius 3 is 2.94 bits per heavy atom. The van der Waals surface area contributed by atoms with E-state index in [0.29, 0.717) is 5.92 Å². The molecule has 2 atom stereocenters. The molecule has 17 heavy (non-hydrogen) atoms. The molecular weight excluding hydrogens is 254 g/mol. The number of nitrogens with zero attached hydrogens (tertiary/aromatic N) is 1. The Hall–Kier alpha value is -0.220. The van der Waals surface area contributed by atoms with E-state index in [2.05, 4.69) is 17.9 Å². The van der Waals surface area contributed by atoms with Crippen molar-refractivity contribution in [3.63, 3.8) is 0 Å². The lowest BCUT2D eigenvalue weighted by molar-refractivity contribution is 0.150. The first-order valence-electron chi connectivity index (χ1n) is 5.98. The molecule has 0 unspecified atom stereocenters. The van der Waals surface area contributed by atoms with Crippen LogP contribution in [0.4, 0.5) is 0 Å². The number of halogens is 1. The van der Waals surface area contributed by atoms with Crippen LogP contribution in [0.3, 0.4) is 0 Å². The SMILES string of the molecule is CCN1C[C@@H](CSc2cccc(Cl)c2)[C@H](O)C1. The van der Waals surface area contributed by atoms with Gasteiger partial charge in [0.25, 0.3) is 0 Å². The summed E-state index contributed by atoms with van der Waals surface area (Å²) in [6.07, 6.45) is -0.179. The second kappa shape index (κ2) is 6.10. The Balaban J connectivity index is 1.86. The largest absolute Gasteiger partial charge is 0.391 e. The third-order valence-electron chi connectivity index (χ3n) is 3.19. The summed E-state index contributed by atoms with van der Waals surface area (Å²) in [5, 5.41) is 10.7. The van der Waals surface area contributed by atoms with E-state index in [1.807, 2.05) is 18.2 Å². The number of thioether (sulfide) groups is 1. The number of hydrogen-bond acceptors (Lipinski definition) is 3. The Morgan fingerprint density at radius 1 is 1.47 bits per heavy atom. The highest BCUT2D eigenvalue weighted by Crippen LogP contribution is 2.27. The molecule has 0 saturated carbocycles. The van der Waals surface area contributed by atoms with E-state index < -0.39 is 0 Å². The van der Waals surface area contributed by atoms with Crippen LogP contribution in [-0.2, 0) is 0 Å². The number of likely N-dealkylation sites (N-methyl/N-ethyl adjacent to an activating group) is 1. The molecule has 1 saturated heterocycles. The smallest absolute Gasteiger partial charge is 0.0715 e. The summed E-state index contributed by atoms with van der Waals surface area (Å²) in [6, 6.07) is 7.89. The number of hydrogen-bond donors (Lipinski definition) is 1. The van der Waals surface area contributed by atoms with E-state index in [0.717, 1.165) is 30.4 Å². The fourth-order valence-corrected chi connectivity index (χ4v) is 3.50. The van der Waals surface area contributed by atoms with Crippen LogP contribution in [0.1, 0.15) is 6.92 Å². The lowest BCUT2D eigenvalue weighted by atomic mass is 10.1. The topological polar surface area (TPSA) is 23.5 Å². The number of rotatable bonds is 4. The summed E-state index contributed by atoms with van der Waals surface area (Å²) in [5.41, 5.74) is 0. The van der Waals surface area contributed by atoms with Gasteiger partial charge in [-0.15, -0.1) is 11.8 Å². The van der Waals surface area contributed by atoms with Crippen LogP contribution < -0.4 is 0 Å². The summed E-state index contributed by atoms with van der Waals surface area (Å²) in [5.74, 6) is 1.33. The van der Waals surface area contributed by atoms with Crippen LogP contribution >= 0.6 is 23.4 Å². The van der Waals surface area contributed by atoms with Crippen LogP contribution in [0.15, 0.2) is 29.2 Å². The second-order valence-corrected chi connectivity index (χ2v) is 5.98. The fourth-order valence-electron chi connectivity index (χ4n) is 2.12. The van der Waals surface area contributed by atoms with Crippen molar-refractivity contribution in [2.24, 2.45) is 5.92 Å². The Kier molecular flexibility index (Phi) is 4.74. The zero-order chi connectivity index (χ0) is 12.3. The first-order valence-corrected chi connectivity index (χ1v) is 7.34. The van der Waals surface area contributed by atoms with E-state index in [9.17, 15) is 5.11 Å². The van der Waals surface area contributed by atoms with Gasteiger partial charge >= 0.3 is 0 Å². The summed E-state index contributed by atoms with van der Waals surface area (Å²) < 4.78 is 0. The monoisotopic (exact) mass is 271 g/mol. The molecule has 94 valence electrons. The van der Waals surface area contributed by atoms with E-state index in [4.69, 9.17) is 11.6 Å². The van der Waals surface area contributed by atoms with Gasteiger partial charge in [0.1, 0.15) is 0 Å². The minimum absolute atomic E-state index is 0.179. The molecule has 0 aromatic heterocycles. The Bertz CT molecular complexity index is 374. The van der Waals surface area contributed by atoms with Gasteiger partial charge in [-0.25, -0.2) is 0 Å². The van der Waals surface area contributed by atoms with Crippen molar-refractivity contribution in [1.29, 1.82) is 0 Å². The number of benzene rings is 1. The quantitative estimate of drug-likeness (QED) is 0.852. The molecule has 0 radical (unpaired) electrons. The number of β-amino-alcohol motifs (C(OH)–C–C–N with tert-alkyl or cyclic N) is 1. The van der Waals surface area contributed by atoms with Crippen molar-refractivity contribution < 1.29 is 5.11 Å². The zero-order valence-electron chi connectivity index (χ0n) is 9.97. The maximum absolute atomic E-state index is 9.94. The van der Waals surface area contributed by atoms with Crippen LogP contribution in [0.25, 0.3) is 0 Å². The Labute approximate surface area is 112 Å². The average Bonchev–Trinajstić information content (AvgIpc) is 2.68. The first-order chi connectivity index (χ1) is 8.19. The highest BCUT2D eigenvalue weighted by molar-refractivity contribution is 7.99. The molecule has 1 fully saturated rings. The molecule has 1 aliphatic heterocycles. The van der Waals surface area contributed by atoms with Crippen molar-refractivity contribution in [3.8, 4) is 0 Å². The third-order valence-corrected chi connectivity index (χ3v) is 4.61. The molecule has 1 aliphatic rings. The molecule has 2 rings (SSSR count). The van der Waals surface area contributed by atoms with Crippen molar-refractivity contribution >= 4 is 23.4 Å². The average molecular weight is 272 g/mol. The second-order valence-electron chi connectivity index (χ2n) is 4.45. The molecule has 1 aromatic carbocycles. The van der Waals surface area contributed by atoms with Crippen molar-refractivity contribution in [2.75, 3.05) is 25.4 Å². The van der Waals surface area contributed by atoms with Gasteiger partial charge < -0.3 is 10.0 Å². The minimum atomic E-state index is -0.179. The Morgan fingerprint density at radius 2 is 2.29 bits per heavy atom. The molecule has 1 N–H and O–H groups in total. The molecule has 4 heteroatoms. The van der Waals surface area contributed by atoms with Crippen LogP contribution in [0, 0.1) is 5.92 Å². The standard InChI is InChI=1S/C13H18ClNOS/c1-2-15-7-10(13(16)8-15)9-17-12-5-3-4-11(14)6-12/h3-6,10,13,16H,2,7-9H2,1H3/t10-,13+/m0/s1. The van der Waals surface area contributed by atoms with Gasteiger partial charge in [0.05, 0.1) is 6.10 Å². The molecule has 2 nitrogen and oxygen atoms in total. The lowest BCUT2D eigenvalue weighted by Crippen LogP contribution is -2.21. The molecule has 1 heterocycles. The third kappa shape index (κ3) is 3.62. The van der Waals surface area contributed by atoms with Gasteiger partial charge in [0, 0.05) is 34.7 Å². The normalized spacial score (nSPS) is 25.4. The minimum Gasteiger partial charge on any atom is -0.391 e. The molecule has 1 aromatic rings. The summed E-state index contributed by atoms with van der Waals surface area (Å²) in [6.45, 7) is 4.98. The van der Waals surface area contributed by atoms with Crippen molar-refractivity contribution in [3.05, 3.63) is 29.3 Å². The van der Waals surface area contributed by atoms with Gasteiger partial charge in [0.15, 0.2) is 0 Å². The highest BCUT2D eigenvalue weighted by atomic mass is 35.5. The van der Waals surface area contributed by atoms with Gasteiger partial charge in [-0.05, 0) is 24.7 Å². The van der Waals surface area contributed by atoms with E-state index in [-0.39, 0.29) is 6.10 Å². The van der Waals surface area contributed by atoms with E-state index in [1.54, 1.807) is 11.8 Å². The van der Waals surface area contributed by atoms with Crippen molar-refractivity contribution in [1.82, 2.24) is 4.90 Å². The molecule has 0 amide bonds. The number of aliphatic hydroxyl groups is 1. The van der Waals surface area contributed by atoms with Gasteiger partial charge in [-0.2, -0.15) is 0 Å². The van der Waals surface area contributed by atoms with Gasteiger partial charge in [0.2, 0.25) is 0 Å². The molecular formula is C13H18ClNOS. The first kappa shape index (κ1) is 13.2. The molecule has 0 aliphatic carbocycles. The highest BCUT2D eigenvalue weighted by Gasteiger charge is 2.30. The number of likely N-dealkylation sites (tertiary alicyclic amines) is 1. The van der Waals surface area contributed by atoms with Gasteiger partial charge in [-0.3, -0.25) is 0 Å². The van der Waals surface area contributed by atoms with Crippen LogP contribution in [0.5, 0.6) is 0 Å². The van der Waals surface area contributed by atoms with Crippen LogP contribution in [-0.4, -0.2) is 41.5 Å². The van der Waals surface area contributed by atoms with E-state index >= 15 is 0 Å².